The average Bonchev–Trinajstić information content (AvgIpc) is 2.87. The molecule has 140 valence electrons. The van der Waals surface area contributed by atoms with Crippen molar-refractivity contribution < 1.29 is 8.42 Å². The lowest BCUT2D eigenvalue weighted by molar-refractivity contribution is 0.446. The van der Waals surface area contributed by atoms with E-state index in [9.17, 15) is 8.42 Å². The van der Waals surface area contributed by atoms with Crippen molar-refractivity contribution in [2.45, 2.75) is 46.2 Å². The van der Waals surface area contributed by atoms with Gasteiger partial charge in [0.25, 0.3) is 0 Å². The van der Waals surface area contributed by atoms with Crippen LogP contribution >= 0.6 is 35.3 Å². The van der Waals surface area contributed by atoms with Crippen molar-refractivity contribution in [2.75, 3.05) is 19.3 Å². The van der Waals surface area contributed by atoms with E-state index in [1.54, 1.807) is 11.3 Å². The van der Waals surface area contributed by atoms with E-state index in [0.717, 1.165) is 24.2 Å². The first-order valence-electron chi connectivity index (χ1n) is 7.60. The highest BCUT2D eigenvalue weighted by molar-refractivity contribution is 14.0. The van der Waals surface area contributed by atoms with Gasteiger partial charge in [-0.1, -0.05) is 6.92 Å². The van der Waals surface area contributed by atoms with Crippen molar-refractivity contribution in [3.63, 3.8) is 0 Å². The Morgan fingerprint density at radius 3 is 2.50 bits per heavy atom. The van der Waals surface area contributed by atoms with Gasteiger partial charge in [0.05, 0.1) is 12.8 Å². The largest absolute Gasteiger partial charge is 0.357 e. The van der Waals surface area contributed by atoms with Crippen molar-refractivity contribution in [1.29, 1.82) is 0 Å². The van der Waals surface area contributed by atoms with Crippen LogP contribution in [0.5, 0.6) is 0 Å². The van der Waals surface area contributed by atoms with Gasteiger partial charge in [0.1, 0.15) is 5.01 Å². The summed E-state index contributed by atoms with van der Waals surface area (Å²) in [5.74, 6) is 0.643. The fraction of sp³-hybridized carbons (Fsp3) is 0.714. The van der Waals surface area contributed by atoms with E-state index in [1.807, 2.05) is 27.0 Å². The first-order valence-corrected chi connectivity index (χ1v) is 10.3. The smallest absolute Gasteiger partial charge is 0.209 e. The number of hydrogen-bond donors (Lipinski definition) is 3. The van der Waals surface area contributed by atoms with Crippen LogP contribution in [0.4, 0.5) is 0 Å². The van der Waals surface area contributed by atoms with Crippen LogP contribution in [-0.2, 0) is 23.0 Å². The highest BCUT2D eigenvalue weighted by atomic mass is 127. The molecule has 3 N–H and O–H groups in total. The summed E-state index contributed by atoms with van der Waals surface area (Å²) in [6, 6.07) is 0. The van der Waals surface area contributed by atoms with E-state index in [1.165, 1.54) is 4.88 Å². The molecule has 0 amide bonds. The molecule has 7 nitrogen and oxygen atoms in total. The first-order chi connectivity index (χ1) is 10.6. The van der Waals surface area contributed by atoms with Gasteiger partial charge >= 0.3 is 0 Å². The predicted octanol–water partition coefficient (Wildman–Crippen LogP) is 1.71. The Bertz CT molecular complexity index is 629. The van der Waals surface area contributed by atoms with Gasteiger partial charge in [-0.05, 0) is 27.2 Å². The number of nitrogens with zero attached hydrogens (tertiary/aromatic N) is 2. The zero-order valence-electron chi connectivity index (χ0n) is 14.8. The molecule has 0 bridgehead atoms. The monoisotopic (exact) mass is 489 g/mol. The second-order valence-electron chi connectivity index (χ2n) is 5.88. The maximum absolute atomic E-state index is 11.4. The summed E-state index contributed by atoms with van der Waals surface area (Å²) in [6.45, 7) is 9.37. The zero-order valence-corrected chi connectivity index (χ0v) is 18.8. The molecular formula is C14H28IN5O2S2. The number of guanidine groups is 1. The third kappa shape index (κ3) is 9.74. The van der Waals surface area contributed by atoms with Crippen LogP contribution in [0.1, 0.15) is 37.6 Å². The summed E-state index contributed by atoms with van der Waals surface area (Å²) in [6.07, 6.45) is 4.02. The Labute approximate surface area is 166 Å². The fourth-order valence-corrected chi connectivity index (χ4v) is 3.78. The Hall–Kier alpha value is -0.460. The molecule has 0 unspecified atom stereocenters. The lowest BCUT2D eigenvalue weighted by atomic mass is 10.1. The van der Waals surface area contributed by atoms with Crippen molar-refractivity contribution in [3.05, 3.63) is 16.1 Å². The van der Waals surface area contributed by atoms with Crippen LogP contribution in [0.15, 0.2) is 11.2 Å². The Kier molecular flexibility index (Phi) is 10.3. The van der Waals surface area contributed by atoms with Crippen LogP contribution in [0, 0.1) is 0 Å². The summed E-state index contributed by atoms with van der Waals surface area (Å²) in [4.78, 5) is 10.1. The molecule has 0 aliphatic carbocycles. The predicted molar refractivity (Wildman–Crippen MR) is 112 cm³/mol. The summed E-state index contributed by atoms with van der Waals surface area (Å²) in [5, 5.41) is 7.28. The quantitative estimate of drug-likeness (QED) is 0.294. The molecule has 0 radical (unpaired) electrons. The van der Waals surface area contributed by atoms with Gasteiger partial charge in [-0.2, -0.15) is 0 Å². The molecule has 0 fully saturated rings. The van der Waals surface area contributed by atoms with E-state index in [-0.39, 0.29) is 24.0 Å². The Morgan fingerprint density at radius 1 is 1.33 bits per heavy atom. The number of aromatic nitrogens is 1. The second kappa shape index (κ2) is 10.5. The molecule has 0 saturated carbocycles. The molecular weight excluding hydrogens is 461 g/mol. The summed E-state index contributed by atoms with van der Waals surface area (Å²) in [5.41, 5.74) is -0.611. The fourth-order valence-electron chi connectivity index (χ4n) is 1.92. The van der Waals surface area contributed by atoms with Gasteiger partial charge in [-0.25, -0.2) is 23.1 Å². The SMILES string of the molecule is CCNC(=NCc1ncc(CC)s1)NCC(C)(C)NS(C)(=O)=O.I. The number of halogens is 1. The lowest BCUT2D eigenvalue weighted by Gasteiger charge is -2.26. The van der Waals surface area contributed by atoms with Crippen molar-refractivity contribution in [2.24, 2.45) is 4.99 Å². The minimum absolute atomic E-state index is 0. The average molecular weight is 489 g/mol. The van der Waals surface area contributed by atoms with Crippen LogP contribution in [0.3, 0.4) is 0 Å². The van der Waals surface area contributed by atoms with E-state index in [0.29, 0.717) is 19.0 Å². The Morgan fingerprint density at radius 2 is 2.00 bits per heavy atom. The maximum Gasteiger partial charge on any atom is 0.209 e. The second-order valence-corrected chi connectivity index (χ2v) is 8.83. The number of rotatable bonds is 8. The molecule has 1 aromatic rings. The number of sulfonamides is 1. The number of aliphatic imine (C=N–C) groups is 1. The first kappa shape index (κ1) is 23.5. The highest BCUT2D eigenvalue weighted by Gasteiger charge is 2.22. The van der Waals surface area contributed by atoms with E-state index >= 15 is 0 Å². The molecule has 0 aliphatic heterocycles. The van der Waals surface area contributed by atoms with Gasteiger partial charge in [0.15, 0.2) is 5.96 Å². The summed E-state index contributed by atoms with van der Waals surface area (Å²) >= 11 is 1.66. The van der Waals surface area contributed by atoms with Gasteiger partial charge < -0.3 is 10.6 Å². The van der Waals surface area contributed by atoms with Crippen LogP contribution < -0.4 is 15.4 Å². The molecule has 1 aromatic heterocycles. The van der Waals surface area contributed by atoms with E-state index in [4.69, 9.17) is 0 Å². The summed E-state index contributed by atoms with van der Waals surface area (Å²) in [7, 11) is -3.26. The molecule has 10 heteroatoms. The van der Waals surface area contributed by atoms with Gasteiger partial charge in [0.2, 0.25) is 10.0 Å². The highest BCUT2D eigenvalue weighted by Crippen LogP contribution is 2.14. The lowest BCUT2D eigenvalue weighted by Crippen LogP contribution is -2.53. The molecule has 0 spiro atoms. The van der Waals surface area contributed by atoms with E-state index < -0.39 is 15.6 Å². The van der Waals surface area contributed by atoms with Gasteiger partial charge in [0, 0.05) is 29.7 Å². The van der Waals surface area contributed by atoms with Crippen molar-refractivity contribution in [1.82, 2.24) is 20.3 Å². The van der Waals surface area contributed by atoms with Gasteiger partial charge in [-0.15, -0.1) is 35.3 Å². The van der Waals surface area contributed by atoms with Crippen LogP contribution in [0.2, 0.25) is 0 Å². The number of aryl methyl sites for hydroxylation is 1. The molecule has 0 saturated heterocycles. The van der Waals surface area contributed by atoms with Crippen molar-refractivity contribution >= 4 is 51.3 Å². The van der Waals surface area contributed by atoms with Crippen molar-refractivity contribution in [3.8, 4) is 0 Å². The van der Waals surface area contributed by atoms with Crippen LogP contribution in [-0.4, -0.2) is 44.2 Å². The standard InChI is InChI=1S/C14H27N5O2S2.HI/c1-6-11-8-16-12(22-11)9-17-13(15-7-2)18-10-14(3,4)19-23(5,20)21;/h8,19H,6-7,9-10H2,1-5H3,(H2,15,17,18);1H. The molecule has 24 heavy (non-hydrogen) atoms. The van der Waals surface area contributed by atoms with E-state index in [2.05, 4.69) is 32.3 Å². The minimum atomic E-state index is -3.26. The topological polar surface area (TPSA) is 95.5 Å². The Balaban J connectivity index is 0.00000529. The normalized spacial score (nSPS) is 12.6. The molecule has 0 aliphatic rings. The number of nitrogens with one attached hydrogen (secondary N) is 3. The minimum Gasteiger partial charge on any atom is -0.357 e. The van der Waals surface area contributed by atoms with Gasteiger partial charge in [-0.3, -0.25) is 0 Å². The number of thiazole rings is 1. The molecule has 1 heterocycles. The van der Waals surface area contributed by atoms with Crippen LogP contribution in [0.25, 0.3) is 0 Å². The molecule has 1 rings (SSSR count). The maximum atomic E-state index is 11.4. The summed E-state index contributed by atoms with van der Waals surface area (Å²) < 4.78 is 25.3. The zero-order chi connectivity index (χ0) is 17.5. The molecule has 0 aromatic carbocycles. The number of hydrogen-bond acceptors (Lipinski definition) is 5. The third-order valence-corrected chi connectivity index (χ3v) is 4.88. The third-order valence-electron chi connectivity index (χ3n) is 2.83. The molecule has 0 atom stereocenters.